The number of amides is 1. The number of hydrogen-bond donors (Lipinski definition) is 2. The molecule has 1 N–H and O–H groups in total. The molecule has 1 heterocycles. The van der Waals surface area contributed by atoms with Gasteiger partial charge in [-0.25, -0.2) is 0 Å². The average molecular weight is 210 g/mol. The van der Waals surface area contributed by atoms with Crippen LogP contribution in [0.3, 0.4) is 0 Å². The fraction of sp³-hybridized carbons (Fsp3) is 0.400. The van der Waals surface area contributed by atoms with E-state index in [1.807, 2.05) is 18.2 Å². The van der Waals surface area contributed by atoms with Crippen molar-refractivity contribution in [1.29, 1.82) is 0 Å². The van der Waals surface area contributed by atoms with Crippen LogP contribution in [-0.4, -0.2) is 22.7 Å². The van der Waals surface area contributed by atoms with Crippen molar-refractivity contribution in [2.45, 2.75) is 18.6 Å². The molecule has 0 aliphatic rings. The van der Waals surface area contributed by atoms with Gasteiger partial charge in [0, 0.05) is 24.9 Å². The van der Waals surface area contributed by atoms with E-state index in [1.165, 1.54) is 0 Å². The summed E-state index contributed by atoms with van der Waals surface area (Å²) in [4.78, 5) is 15.3. The topological polar surface area (TPSA) is 42.0 Å². The van der Waals surface area contributed by atoms with Gasteiger partial charge in [0.05, 0.1) is 5.25 Å². The molecular weight excluding hydrogens is 196 g/mol. The molecular formula is C10H14N2OS. The summed E-state index contributed by atoms with van der Waals surface area (Å²) >= 11 is 4.03. The summed E-state index contributed by atoms with van der Waals surface area (Å²) in [7, 11) is 0. The van der Waals surface area contributed by atoms with Gasteiger partial charge in [0.2, 0.25) is 5.91 Å². The molecule has 0 bridgehead atoms. The maximum Gasteiger partial charge on any atom is 0.232 e. The van der Waals surface area contributed by atoms with Gasteiger partial charge in [-0.1, -0.05) is 6.07 Å². The van der Waals surface area contributed by atoms with Gasteiger partial charge in [0.1, 0.15) is 0 Å². The molecule has 1 aromatic rings. The number of rotatable bonds is 4. The summed E-state index contributed by atoms with van der Waals surface area (Å²) in [6.45, 7) is 2.36. The van der Waals surface area contributed by atoms with Gasteiger partial charge < -0.3 is 5.32 Å². The fourth-order valence-corrected chi connectivity index (χ4v) is 1.10. The minimum atomic E-state index is -0.251. The van der Waals surface area contributed by atoms with Gasteiger partial charge in [-0.05, 0) is 19.1 Å². The second-order valence-electron chi connectivity index (χ2n) is 3.04. The van der Waals surface area contributed by atoms with Crippen LogP contribution in [0.15, 0.2) is 24.4 Å². The van der Waals surface area contributed by atoms with E-state index in [4.69, 9.17) is 0 Å². The minimum Gasteiger partial charge on any atom is -0.355 e. The van der Waals surface area contributed by atoms with Crippen LogP contribution in [0.5, 0.6) is 0 Å². The first-order chi connectivity index (χ1) is 6.70. The Morgan fingerprint density at radius 1 is 1.64 bits per heavy atom. The highest BCUT2D eigenvalue weighted by Crippen LogP contribution is 1.94. The number of carbonyl (C=O) groups excluding carboxylic acids is 1. The number of nitrogens with one attached hydrogen (secondary N) is 1. The van der Waals surface area contributed by atoms with Gasteiger partial charge in [0.25, 0.3) is 0 Å². The quantitative estimate of drug-likeness (QED) is 0.730. The third kappa shape index (κ3) is 3.79. The van der Waals surface area contributed by atoms with E-state index in [2.05, 4.69) is 22.9 Å². The SMILES string of the molecule is CC(S)C(=O)NCCc1ccccn1. The summed E-state index contributed by atoms with van der Waals surface area (Å²) in [5.74, 6) is -0.0377. The Morgan fingerprint density at radius 3 is 3.00 bits per heavy atom. The van der Waals surface area contributed by atoms with Crippen LogP contribution in [-0.2, 0) is 11.2 Å². The predicted octanol–water partition coefficient (Wildman–Crippen LogP) is 1.06. The lowest BCUT2D eigenvalue weighted by molar-refractivity contribution is -0.120. The van der Waals surface area contributed by atoms with Gasteiger partial charge >= 0.3 is 0 Å². The van der Waals surface area contributed by atoms with Crippen molar-refractivity contribution in [3.8, 4) is 0 Å². The van der Waals surface area contributed by atoms with Crippen molar-refractivity contribution >= 4 is 18.5 Å². The smallest absolute Gasteiger partial charge is 0.232 e. The van der Waals surface area contributed by atoms with Crippen LogP contribution in [0.2, 0.25) is 0 Å². The zero-order valence-electron chi connectivity index (χ0n) is 8.10. The van der Waals surface area contributed by atoms with Crippen molar-refractivity contribution in [2.24, 2.45) is 0 Å². The summed E-state index contributed by atoms with van der Waals surface area (Å²) in [5, 5.41) is 2.52. The van der Waals surface area contributed by atoms with Gasteiger partial charge in [-0.3, -0.25) is 9.78 Å². The van der Waals surface area contributed by atoms with Crippen molar-refractivity contribution in [3.63, 3.8) is 0 Å². The third-order valence-electron chi connectivity index (χ3n) is 1.79. The number of pyridine rings is 1. The van der Waals surface area contributed by atoms with Crippen LogP contribution in [0, 0.1) is 0 Å². The molecule has 0 spiro atoms. The van der Waals surface area contributed by atoms with E-state index >= 15 is 0 Å². The zero-order valence-corrected chi connectivity index (χ0v) is 9.00. The van der Waals surface area contributed by atoms with E-state index < -0.39 is 0 Å². The molecule has 0 aliphatic carbocycles. The lowest BCUT2D eigenvalue weighted by Crippen LogP contribution is -2.31. The van der Waals surface area contributed by atoms with Crippen molar-refractivity contribution < 1.29 is 4.79 Å². The normalized spacial score (nSPS) is 12.1. The van der Waals surface area contributed by atoms with Crippen LogP contribution >= 0.6 is 12.6 Å². The highest BCUT2D eigenvalue weighted by Gasteiger charge is 2.05. The molecule has 0 fully saturated rings. The highest BCUT2D eigenvalue weighted by atomic mass is 32.1. The molecule has 0 aliphatic heterocycles. The summed E-state index contributed by atoms with van der Waals surface area (Å²) in [6, 6.07) is 5.75. The number of aromatic nitrogens is 1. The second kappa shape index (κ2) is 5.65. The molecule has 1 rings (SSSR count). The van der Waals surface area contributed by atoms with Crippen LogP contribution < -0.4 is 5.32 Å². The Labute approximate surface area is 89.3 Å². The molecule has 1 unspecified atom stereocenters. The molecule has 0 radical (unpaired) electrons. The maximum absolute atomic E-state index is 11.1. The van der Waals surface area contributed by atoms with Gasteiger partial charge in [-0.15, -0.1) is 0 Å². The van der Waals surface area contributed by atoms with Crippen molar-refractivity contribution in [3.05, 3.63) is 30.1 Å². The summed E-state index contributed by atoms with van der Waals surface area (Å²) < 4.78 is 0. The number of hydrogen-bond acceptors (Lipinski definition) is 3. The van der Waals surface area contributed by atoms with Crippen molar-refractivity contribution in [2.75, 3.05) is 6.54 Å². The number of thiol groups is 1. The van der Waals surface area contributed by atoms with E-state index in [0.29, 0.717) is 6.54 Å². The van der Waals surface area contributed by atoms with E-state index in [-0.39, 0.29) is 11.2 Å². The highest BCUT2D eigenvalue weighted by molar-refractivity contribution is 7.81. The van der Waals surface area contributed by atoms with Crippen LogP contribution in [0.25, 0.3) is 0 Å². The average Bonchev–Trinajstić information content (AvgIpc) is 2.19. The monoisotopic (exact) mass is 210 g/mol. The lowest BCUT2D eigenvalue weighted by Gasteiger charge is -2.06. The molecule has 0 saturated carbocycles. The third-order valence-corrected chi connectivity index (χ3v) is 2.02. The Kier molecular flexibility index (Phi) is 4.46. The predicted molar refractivity (Wildman–Crippen MR) is 59.4 cm³/mol. The lowest BCUT2D eigenvalue weighted by atomic mass is 10.2. The van der Waals surface area contributed by atoms with Crippen molar-refractivity contribution in [1.82, 2.24) is 10.3 Å². The van der Waals surface area contributed by atoms with Crippen LogP contribution in [0.1, 0.15) is 12.6 Å². The fourth-order valence-electron chi connectivity index (χ4n) is 1.01. The molecule has 76 valence electrons. The van der Waals surface area contributed by atoms with E-state index in [1.54, 1.807) is 13.1 Å². The van der Waals surface area contributed by atoms with Gasteiger partial charge in [-0.2, -0.15) is 12.6 Å². The molecule has 1 aromatic heterocycles. The van der Waals surface area contributed by atoms with E-state index in [9.17, 15) is 4.79 Å². The molecule has 0 aromatic carbocycles. The Balaban J connectivity index is 2.26. The molecule has 14 heavy (non-hydrogen) atoms. The molecule has 1 amide bonds. The first-order valence-corrected chi connectivity index (χ1v) is 5.07. The summed E-state index contributed by atoms with van der Waals surface area (Å²) in [5.41, 5.74) is 0.986. The van der Waals surface area contributed by atoms with Crippen LogP contribution in [0.4, 0.5) is 0 Å². The van der Waals surface area contributed by atoms with E-state index in [0.717, 1.165) is 12.1 Å². The van der Waals surface area contributed by atoms with Gasteiger partial charge in [0.15, 0.2) is 0 Å². The molecule has 4 heteroatoms. The second-order valence-corrected chi connectivity index (χ2v) is 3.81. The largest absolute Gasteiger partial charge is 0.355 e. The molecule has 3 nitrogen and oxygen atoms in total. The molecule has 1 atom stereocenters. The Hall–Kier alpha value is -1.03. The first-order valence-electron chi connectivity index (χ1n) is 4.56. The maximum atomic E-state index is 11.1. The first kappa shape index (κ1) is 11.0. The minimum absolute atomic E-state index is 0.0377. The number of carbonyl (C=O) groups is 1. The summed E-state index contributed by atoms with van der Waals surface area (Å²) in [6.07, 6.45) is 2.51. The Bertz CT molecular complexity index is 287. The standard InChI is InChI=1S/C10H14N2OS/c1-8(14)10(13)12-7-5-9-4-2-3-6-11-9/h2-4,6,8,14H,5,7H2,1H3,(H,12,13). The zero-order chi connectivity index (χ0) is 10.4. The Morgan fingerprint density at radius 2 is 2.43 bits per heavy atom. The number of nitrogens with zero attached hydrogens (tertiary/aromatic N) is 1. The molecule has 0 saturated heterocycles.